The van der Waals surface area contributed by atoms with Crippen molar-refractivity contribution in [2.24, 2.45) is 4.99 Å². The minimum atomic E-state index is -0.325. The highest BCUT2D eigenvalue weighted by Crippen LogP contribution is 2.20. The van der Waals surface area contributed by atoms with E-state index in [2.05, 4.69) is 4.99 Å². The quantitative estimate of drug-likeness (QED) is 0.783. The Kier molecular flexibility index (Phi) is 3.39. The molecule has 4 heteroatoms. The molecule has 1 atom stereocenters. The van der Waals surface area contributed by atoms with E-state index in [-0.39, 0.29) is 11.9 Å². The third-order valence-electron chi connectivity index (χ3n) is 2.62. The van der Waals surface area contributed by atoms with Crippen LogP contribution in [0.5, 0.6) is 5.75 Å². The lowest BCUT2D eigenvalue weighted by molar-refractivity contribution is 0.322. The van der Waals surface area contributed by atoms with Gasteiger partial charge < -0.3 is 9.47 Å². The third-order valence-corrected chi connectivity index (χ3v) is 2.62. The van der Waals surface area contributed by atoms with Crippen LogP contribution < -0.4 is 4.74 Å². The van der Waals surface area contributed by atoms with Crippen LogP contribution in [-0.4, -0.2) is 26.2 Å². The molecule has 0 bridgehead atoms. The van der Waals surface area contributed by atoms with Crippen LogP contribution in [0, 0.1) is 5.82 Å². The summed E-state index contributed by atoms with van der Waals surface area (Å²) >= 11 is 0. The van der Waals surface area contributed by atoms with E-state index < -0.39 is 0 Å². The van der Waals surface area contributed by atoms with Crippen LogP contribution >= 0.6 is 0 Å². The third kappa shape index (κ3) is 2.51. The Morgan fingerprint density at radius 1 is 1.56 bits per heavy atom. The Morgan fingerprint density at radius 2 is 2.44 bits per heavy atom. The highest BCUT2D eigenvalue weighted by Gasteiger charge is 2.12. The van der Waals surface area contributed by atoms with Crippen LogP contribution in [0.1, 0.15) is 12.0 Å². The highest BCUT2D eigenvalue weighted by atomic mass is 19.1. The molecule has 1 aromatic rings. The zero-order chi connectivity index (χ0) is 11.4. The summed E-state index contributed by atoms with van der Waals surface area (Å²) in [6, 6.07) is 5.17. The largest absolute Gasteiger partial charge is 0.494 e. The summed E-state index contributed by atoms with van der Waals surface area (Å²) in [7, 11) is 1.47. The van der Waals surface area contributed by atoms with Crippen LogP contribution in [0.15, 0.2) is 23.2 Å². The fourth-order valence-electron chi connectivity index (χ4n) is 1.68. The van der Waals surface area contributed by atoms with Gasteiger partial charge in [0, 0.05) is 0 Å². The van der Waals surface area contributed by atoms with Gasteiger partial charge in [0.1, 0.15) is 6.61 Å². The molecule has 0 spiro atoms. The maximum atomic E-state index is 13.1. The van der Waals surface area contributed by atoms with Crippen LogP contribution in [0.25, 0.3) is 0 Å². The van der Waals surface area contributed by atoms with Crippen molar-refractivity contribution in [3.05, 3.63) is 29.6 Å². The van der Waals surface area contributed by atoms with Gasteiger partial charge in [-0.2, -0.15) is 0 Å². The molecule has 0 N–H and O–H groups in total. The second-order valence-electron chi connectivity index (χ2n) is 3.75. The smallest absolute Gasteiger partial charge is 0.169 e. The molecule has 0 radical (unpaired) electrons. The number of nitrogens with zero attached hydrogens (tertiary/aromatic N) is 1. The molecule has 1 aliphatic rings. The second-order valence-corrected chi connectivity index (χ2v) is 3.75. The lowest BCUT2D eigenvalue weighted by Crippen LogP contribution is -2.07. The number of ether oxygens (including phenoxy) is 2. The fraction of sp³-hybridized carbons (Fsp3) is 0.417. The van der Waals surface area contributed by atoms with Crippen molar-refractivity contribution in [2.45, 2.75) is 18.9 Å². The molecule has 0 saturated heterocycles. The van der Waals surface area contributed by atoms with Crippen molar-refractivity contribution in [3.8, 4) is 5.75 Å². The Morgan fingerprint density at radius 3 is 3.12 bits per heavy atom. The molecule has 0 aromatic heterocycles. The lowest BCUT2D eigenvalue weighted by atomic mass is 10.1. The first-order valence-corrected chi connectivity index (χ1v) is 5.25. The molecule has 16 heavy (non-hydrogen) atoms. The number of benzene rings is 1. The van der Waals surface area contributed by atoms with Crippen molar-refractivity contribution in [3.63, 3.8) is 0 Å². The van der Waals surface area contributed by atoms with Gasteiger partial charge in [-0.25, -0.2) is 4.39 Å². The molecule has 0 saturated carbocycles. The Balaban J connectivity index is 1.96. The molecular weight excluding hydrogens is 209 g/mol. The predicted molar refractivity (Wildman–Crippen MR) is 59.5 cm³/mol. The van der Waals surface area contributed by atoms with Crippen molar-refractivity contribution >= 4 is 6.40 Å². The number of rotatable bonds is 4. The van der Waals surface area contributed by atoms with Gasteiger partial charge in [0.05, 0.1) is 13.2 Å². The van der Waals surface area contributed by atoms with Gasteiger partial charge in [-0.1, -0.05) is 6.07 Å². The minimum absolute atomic E-state index is 0.232. The van der Waals surface area contributed by atoms with Crippen LogP contribution in [0.2, 0.25) is 0 Å². The van der Waals surface area contributed by atoms with E-state index in [0.29, 0.717) is 12.4 Å². The number of hydrogen-bond donors (Lipinski definition) is 0. The van der Waals surface area contributed by atoms with E-state index in [9.17, 15) is 4.39 Å². The molecular formula is C12H14FNO2. The number of aryl methyl sites for hydroxylation is 1. The van der Waals surface area contributed by atoms with Gasteiger partial charge in [-0.15, -0.1) is 0 Å². The van der Waals surface area contributed by atoms with E-state index in [1.165, 1.54) is 19.6 Å². The predicted octanol–water partition coefficient (Wildman–Crippen LogP) is 2.19. The van der Waals surface area contributed by atoms with Crippen molar-refractivity contribution in [2.75, 3.05) is 13.7 Å². The van der Waals surface area contributed by atoms with Gasteiger partial charge >= 0.3 is 0 Å². The summed E-state index contributed by atoms with van der Waals surface area (Å²) in [4.78, 5) is 4.16. The van der Waals surface area contributed by atoms with Crippen LogP contribution in [-0.2, 0) is 11.2 Å². The number of methoxy groups -OCH3 is 1. The van der Waals surface area contributed by atoms with Crippen LogP contribution in [0.4, 0.5) is 4.39 Å². The molecule has 1 aromatic carbocycles. The summed E-state index contributed by atoms with van der Waals surface area (Å²) in [5, 5.41) is 0. The molecule has 1 unspecified atom stereocenters. The normalized spacial score (nSPS) is 18.5. The molecule has 86 valence electrons. The van der Waals surface area contributed by atoms with E-state index in [4.69, 9.17) is 9.47 Å². The summed E-state index contributed by atoms with van der Waals surface area (Å²) in [6.45, 7) is 0.651. The second kappa shape index (κ2) is 4.96. The van der Waals surface area contributed by atoms with Crippen molar-refractivity contribution < 1.29 is 13.9 Å². The zero-order valence-corrected chi connectivity index (χ0v) is 9.15. The SMILES string of the molecule is COc1cc(CCC2COC=N2)ccc1F. The summed E-state index contributed by atoms with van der Waals surface area (Å²) in [5.41, 5.74) is 1.06. The van der Waals surface area contributed by atoms with Gasteiger partial charge in [-0.3, -0.25) is 4.99 Å². The molecule has 0 fully saturated rings. The maximum absolute atomic E-state index is 13.1. The van der Waals surface area contributed by atoms with Crippen molar-refractivity contribution in [1.29, 1.82) is 0 Å². The standard InChI is InChI=1S/C12H14FNO2/c1-15-12-6-9(3-5-11(12)13)2-4-10-7-16-8-14-10/h3,5-6,8,10H,2,4,7H2,1H3. The van der Waals surface area contributed by atoms with Gasteiger partial charge in [0.25, 0.3) is 0 Å². The minimum Gasteiger partial charge on any atom is -0.494 e. The highest BCUT2D eigenvalue weighted by molar-refractivity contribution is 5.48. The number of hydrogen-bond acceptors (Lipinski definition) is 3. The molecule has 0 aliphatic carbocycles. The van der Waals surface area contributed by atoms with Crippen molar-refractivity contribution in [1.82, 2.24) is 0 Å². The van der Waals surface area contributed by atoms with E-state index in [1.54, 1.807) is 12.1 Å². The van der Waals surface area contributed by atoms with E-state index in [1.807, 2.05) is 0 Å². The average Bonchev–Trinajstić information content (AvgIpc) is 2.81. The Bertz CT molecular complexity index is 393. The summed E-state index contributed by atoms with van der Waals surface area (Å²) in [6.07, 6.45) is 3.25. The Labute approximate surface area is 93.9 Å². The lowest BCUT2D eigenvalue weighted by Gasteiger charge is -2.07. The topological polar surface area (TPSA) is 30.8 Å². The summed E-state index contributed by atoms with van der Waals surface area (Å²) in [5.74, 6) is -0.0304. The zero-order valence-electron chi connectivity index (χ0n) is 9.15. The first-order valence-electron chi connectivity index (χ1n) is 5.25. The first-order chi connectivity index (χ1) is 7.79. The maximum Gasteiger partial charge on any atom is 0.169 e. The number of halogens is 1. The fourth-order valence-corrected chi connectivity index (χ4v) is 1.68. The van der Waals surface area contributed by atoms with E-state index in [0.717, 1.165) is 18.4 Å². The van der Waals surface area contributed by atoms with Crippen LogP contribution in [0.3, 0.4) is 0 Å². The average molecular weight is 223 g/mol. The Hall–Kier alpha value is -1.58. The monoisotopic (exact) mass is 223 g/mol. The van der Waals surface area contributed by atoms with Gasteiger partial charge in [0.2, 0.25) is 0 Å². The van der Waals surface area contributed by atoms with Gasteiger partial charge in [-0.05, 0) is 30.5 Å². The molecule has 1 heterocycles. The molecule has 2 rings (SSSR count). The first kappa shape index (κ1) is 10.9. The van der Waals surface area contributed by atoms with Gasteiger partial charge in [0.15, 0.2) is 18.0 Å². The van der Waals surface area contributed by atoms with E-state index >= 15 is 0 Å². The molecule has 3 nitrogen and oxygen atoms in total. The molecule has 0 amide bonds. The number of aliphatic imine (C=N–C) groups is 1. The summed E-state index contributed by atoms with van der Waals surface area (Å²) < 4.78 is 23.1. The molecule has 1 aliphatic heterocycles.